The SMILES string of the molecule is CCSCCOC(=O)C1=C(C)NC2=C(C(=O)C[C@H](c3cccs3)C2)[C@@H]1c1cc(Br)ccc1F. The molecule has 33 heavy (non-hydrogen) atoms. The molecule has 0 radical (unpaired) electrons. The third-order valence-corrected chi connectivity index (χ3v) is 8.32. The molecule has 0 bridgehead atoms. The van der Waals surface area contributed by atoms with Crippen molar-refractivity contribution >= 4 is 50.8 Å². The summed E-state index contributed by atoms with van der Waals surface area (Å²) in [6, 6.07) is 8.66. The summed E-state index contributed by atoms with van der Waals surface area (Å²) in [5.41, 5.74) is 2.45. The van der Waals surface area contributed by atoms with Crippen molar-refractivity contribution in [3.63, 3.8) is 0 Å². The predicted molar refractivity (Wildman–Crippen MR) is 135 cm³/mol. The van der Waals surface area contributed by atoms with E-state index in [2.05, 4.69) is 21.2 Å². The third kappa shape index (κ3) is 5.12. The van der Waals surface area contributed by atoms with E-state index in [-0.39, 0.29) is 18.3 Å². The molecule has 1 aliphatic heterocycles. The average Bonchev–Trinajstić information content (AvgIpc) is 3.32. The molecule has 1 aromatic carbocycles. The number of carbonyl (C=O) groups is 2. The summed E-state index contributed by atoms with van der Waals surface area (Å²) < 4.78 is 21.3. The number of Topliss-reactive ketones (excluding diaryl/α,β-unsaturated/α-hetero) is 1. The zero-order valence-corrected chi connectivity index (χ0v) is 21.7. The first-order valence-electron chi connectivity index (χ1n) is 10.9. The average molecular weight is 551 g/mol. The maximum absolute atomic E-state index is 15.1. The van der Waals surface area contributed by atoms with Crippen LogP contribution in [0.1, 0.15) is 49.0 Å². The van der Waals surface area contributed by atoms with Crippen LogP contribution in [0.15, 0.2) is 62.7 Å². The Labute approximate surface area is 209 Å². The fourth-order valence-electron chi connectivity index (χ4n) is 4.50. The molecule has 1 aromatic heterocycles. The van der Waals surface area contributed by atoms with Gasteiger partial charge in [0.25, 0.3) is 0 Å². The van der Waals surface area contributed by atoms with E-state index in [0.29, 0.717) is 45.5 Å². The van der Waals surface area contributed by atoms with Crippen LogP contribution in [0.25, 0.3) is 0 Å². The molecule has 4 rings (SSSR count). The molecule has 0 amide bonds. The first-order valence-corrected chi connectivity index (χ1v) is 13.7. The van der Waals surface area contributed by atoms with Gasteiger partial charge < -0.3 is 10.1 Å². The summed E-state index contributed by atoms with van der Waals surface area (Å²) in [5, 5.41) is 5.32. The molecule has 1 aliphatic carbocycles. The molecular weight excluding hydrogens is 525 g/mol. The molecule has 8 heteroatoms. The summed E-state index contributed by atoms with van der Waals surface area (Å²) in [4.78, 5) is 27.8. The summed E-state index contributed by atoms with van der Waals surface area (Å²) in [7, 11) is 0. The molecule has 0 spiro atoms. The van der Waals surface area contributed by atoms with Gasteiger partial charge in [0.1, 0.15) is 12.4 Å². The predicted octanol–water partition coefficient (Wildman–Crippen LogP) is 6.31. The largest absolute Gasteiger partial charge is 0.461 e. The number of carbonyl (C=O) groups excluding carboxylic acids is 2. The van der Waals surface area contributed by atoms with Gasteiger partial charge >= 0.3 is 5.97 Å². The van der Waals surface area contributed by atoms with Gasteiger partial charge in [-0.3, -0.25) is 4.79 Å². The van der Waals surface area contributed by atoms with E-state index in [1.54, 1.807) is 42.2 Å². The molecule has 0 unspecified atom stereocenters. The van der Waals surface area contributed by atoms with Crippen molar-refractivity contribution in [1.82, 2.24) is 5.32 Å². The number of halogens is 2. The number of dihydropyridines is 1. The Balaban J connectivity index is 1.75. The van der Waals surface area contributed by atoms with Crippen molar-refractivity contribution in [1.29, 1.82) is 0 Å². The minimum atomic E-state index is -0.804. The number of thiophene rings is 1. The molecule has 4 nitrogen and oxygen atoms in total. The second-order valence-electron chi connectivity index (χ2n) is 8.03. The maximum atomic E-state index is 15.1. The number of ketones is 1. The summed E-state index contributed by atoms with van der Waals surface area (Å²) in [5.74, 6) is -0.140. The number of rotatable bonds is 7. The molecule has 174 valence electrons. The number of hydrogen-bond acceptors (Lipinski definition) is 6. The Morgan fingerprint density at radius 3 is 2.88 bits per heavy atom. The molecule has 0 saturated carbocycles. The van der Waals surface area contributed by atoms with Gasteiger partial charge in [0.15, 0.2) is 5.78 Å². The summed E-state index contributed by atoms with van der Waals surface area (Å²) in [6.45, 7) is 4.10. The zero-order valence-electron chi connectivity index (χ0n) is 18.5. The van der Waals surface area contributed by atoms with Gasteiger partial charge in [0.2, 0.25) is 0 Å². The van der Waals surface area contributed by atoms with Crippen LogP contribution in [-0.4, -0.2) is 29.9 Å². The van der Waals surface area contributed by atoms with Gasteiger partial charge in [-0.1, -0.05) is 28.9 Å². The van der Waals surface area contributed by atoms with Gasteiger partial charge in [-0.15, -0.1) is 11.3 Å². The Bertz CT molecular complexity index is 1130. The lowest BCUT2D eigenvalue weighted by molar-refractivity contribution is -0.138. The van der Waals surface area contributed by atoms with Crippen molar-refractivity contribution in [2.24, 2.45) is 0 Å². The van der Waals surface area contributed by atoms with Crippen LogP contribution in [0.5, 0.6) is 0 Å². The number of allylic oxidation sites excluding steroid dienone is 3. The Morgan fingerprint density at radius 2 is 2.15 bits per heavy atom. The first kappa shape index (κ1) is 24.2. The number of esters is 1. The molecule has 2 aromatic rings. The van der Waals surface area contributed by atoms with Gasteiger partial charge in [-0.05, 0) is 48.7 Å². The number of hydrogen-bond donors (Lipinski definition) is 1. The highest BCUT2D eigenvalue weighted by atomic mass is 79.9. The van der Waals surface area contributed by atoms with Crippen molar-refractivity contribution in [2.75, 3.05) is 18.1 Å². The van der Waals surface area contributed by atoms with Crippen molar-refractivity contribution in [3.8, 4) is 0 Å². The summed E-state index contributed by atoms with van der Waals surface area (Å²) >= 11 is 6.73. The summed E-state index contributed by atoms with van der Waals surface area (Å²) in [6.07, 6.45) is 0.974. The fourth-order valence-corrected chi connectivity index (χ4v) is 6.20. The van der Waals surface area contributed by atoms with E-state index in [0.717, 1.165) is 16.3 Å². The maximum Gasteiger partial charge on any atom is 0.336 e. The van der Waals surface area contributed by atoms with E-state index in [1.807, 2.05) is 24.4 Å². The molecule has 1 N–H and O–H groups in total. The van der Waals surface area contributed by atoms with Crippen molar-refractivity contribution in [2.45, 2.75) is 38.5 Å². The number of nitrogens with one attached hydrogen (secondary N) is 1. The van der Waals surface area contributed by atoms with E-state index < -0.39 is 17.7 Å². The molecule has 0 fully saturated rings. The van der Waals surface area contributed by atoms with Crippen LogP contribution in [-0.2, 0) is 14.3 Å². The van der Waals surface area contributed by atoms with Gasteiger partial charge in [-0.25, -0.2) is 9.18 Å². The number of thioether (sulfide) groups is 1. The number of benzene rings is 1. The minimum Gasteiger partial charge on any atom is -0.461 e. The fraction of sp³-hybridized carbons (Fsp3) is 0.360. The molecule has 2 aliphatic rings. The Morgan fingerprint density at radius 1 is 1.33 bits per heavy atom. The second-order valence-corrected chi connectivity index (χ2v) is 11.3. The van der Waals surface area contributed by atoms with Crippen LogP contribution >= 0.6 is 39.0 Å². The highest BCUT2D eigenvalue weighted by Crippen LogP contribution is 2.47. The van der Waals surface area contributed by atoms with Crippen molar-refractivity contribution < 1.29 is 18.7 Å². The smallest absolute Gasteiger partial charge is 0.336 e. The molecular formula is C25H25BrFNO3S2. The van der Waals surface area contributed by atoms with Gasteiger partial charge in [0, 0.05) is 50.0 Å². The van der Waals surface area contributed by atoms with Crippen molar-refractivity contribution in [3.05, 3.63) is 79.0 Å². The van der Waals surface area contributed by atoms with Crippen LogP contribution in [0, 0.1) is 5.82 Å². The lowest BCUT2D eigenvalue weighted by atomic mass is 9.72. The van der Waals surface area contributed by atoms with E-state index in [4.69, 9.17) is 4.74 Å². The van der Waals surface area contributed by atoms with Crippen LogP contribution in [0.3, 0.4) is 0 Å². The van der Waals surface area contributed by atoms with E-state index >= 15 is 4.39 Å². The normalized spacial score (nSPS) is 20.5. The number of ether oxygens (including phenoxy) is 1. The van der Waals surface area contributed by atoms with Gasteiger partial charge in [-0.2, -0.15) is 11.8 Å². The quantitative estimate of drug-likeness (QED) is 0.324. The monoisotopic (exact) mass is 549 g/mol. The van der Waals surface area contributed by atoms with E-state index in [9.17, 15) is 9.59 Å². The molecule has 0 saturated heterocycles. The van der Waals surface area contributed by atoms with E-state index in [1.165, 1.54) is 6.07 Å². The molecule has 2 atom stereocenters. The highest BCUT2D eigenvalue weighted by molar-refractivity contribution is 9.10. The lowest BCUT2D eigenvalue weighted by Gasteiger charge is -2.36. The standard InChI is InChI=1S/C25H25BrFNO3S2/c1-3-32-10-8-31-25(30)22-14(2)28-19-11-15(21-5-4-9-33-21)12-20(29)24(19)23(22)17-13-16(26)6-7-18(17)27/h4-7,9,13,15,23,28H,3,8,10-12H2,1-2H3/t15-,23-/m1/s1. The Kier molecular flexibility index (Phi) is 7.76. The third-order valence-electron chi connectivity index (χ3n) is 5.93. The minimum absolute atomic E-state index is 0.0640. The Hall–Kier alpha value is -1.90. The first-order chi connectivity index (χ1) is 15.9. The van der Waals surface area contributed by atoms with Gasteiger partial charge in [0.05, 0.1) is 11.5 Å². The van der Waals surface area contributed by atoms with Crippen LogP contribution < -0.4 is 5.32 Å². The lowest BCUT2D eigenvalue weighted by Crippen LogP contribution is -2.36. The topological polar surface area (TPSA) is 55.4 Å². The zero-order chi connectivity index (χ0) is 23.5. The molecule has 2 heterocycles. The van der Waals surface area contributed by atoms with Crippen LogP contribution in [0.4, 0.5) is 4.39 Å². The highest BCUT2D eigenvalue weighted by Gasteiger charge is 2.42. The second kappa shape index (κ2) is 10.6. The van der Waals surface area contributed by atoms with Crippen LogP contribution in [0.2, 0.25) is 0 Å².